The van der Waals surface area contributed by atoms with Gasteiger partial charge in [-0.3, -0.25) is 14.9 Å². The Kier molecular flexibility index (Phi) is 4.74. The molecule has 21 heavy (non-hydrogen) atoms. The van der Waals surface area contributed by atoms with Gasteiger partial charge in [-0.2, -0.15) is 0 Å². The monoisotopic (exact) mass is 294 g/mol. The van der Waals surface area contributed by atoms with E-state index < -0.39 is 22.3 Å². The van der Waals surface area contributed by atoms with Gasteiger partial charge in [0.05, 0.1) is 10.5 Å². The molecule has 0 spiro atoms. The maximum absolute atomic E-state index is 12.5. The summed E-state index contributed by atoms with van der Waals surface area (Å²) in [5.41, 5.74) is -0.536. The van der Waals surface area contributed by atoms with Crippen LogP contribution in [0.4, 0.5) is 5.69 Å². The summed E-state index contributed by atoms with van der Waals surface area (Å²) >= 11 is 0. The topological polar surface area (TPSA) is 104 Å². The molecule has 1 aromatic carbocycles. The number of piperidine rings is 1. The van der Waals surface area contributed by atoms with Gasteiger partial charge in [-0.1, -0.05) is 6.07 Å². The van der Waals surface area contributed by atoms with Crippen LogP contribution in [0, 0.1) is 10.1 Å². The molecule has 0 saturated carbocycles. The summed E-state index contributed by atoms with van der Waals surface area (Å²) in [7, 11) is 0. The number of aromatic hydroxyl groups is 1. The van der Waals surface area contributed by atoms with Crippen molar-refractivity contribution in [3.63, 3.8) is 0 Å². The zero-order valence-corrected chi connectivity index (χ0v) is 11.6. The second-order valence-corrected chi connectivity index (χ2v) is 5.09. The number of rotatable bonds is 4. The first-order valence-corrected chi connectivity index (χ1v) is 6.94. The van der Waals surface area contributed by atoms with Crippen molar-refractivity contribution >= 4 is 11.6 Å². The Hall–Kier alpha value is -2.15. The van der Waals surface area contributed by atoms with Crippen LogP contribution < -0.4 is 0 Å². The minimum Gasteiger partial charge on any atom is -0.502 e. The van der Waals surface area contributed by atoms with E-state index in [1.165, 1.54) is 12.1 Å². The van der Waals surface area contributed by atoms with Gasteiger partial charge < -0.3 is 15.1 Å². The van der Waals surface area contributed by atoms with Gasteiger partial charge in [-0.05, 0) is 31.7 Å². The number of aliphatic hydroxyl groups is 1. The lowest BCUT2D eigenvalue weighted by Gasteiger charge is -2.35. The zero-order chi connectivity index (χ0) is 15.4. The second kappa shape index (κ2) is 6.53. The predicted octanol–water partition coefficient (Wildman–Crippen LogP) is 1.68. The van der Waals surface area contributed by atoms with E-state index in [0.29, 0.717) is 13.0 Å². The van der Waals surface area contributed by atoms with Gasteiger partial charge in [0.2, 0.25) is 5.75 Å². The van der Waals surface area contributed by atoms with E-state index in [0.717, 1.165) is 25.3 Å². The molecule has 0 bridgehead atoms. The average molecular weight is 294 g/mol. The Labute approximate surface area is 122 Å². The molecular formula is C14H18N2O5. The van der Waals surface area contributed by atoms with Crippen molar-refractivity contribution in [2.75, 3.05) is 13.2 Å². The quantitative estimate of drug-likeness (QED) is 0.649. The van der Waals surface area contributed by atoms with E-state index in [-0.39, 0.29) is 18.2 Å². The SMILES string of the molecule is O=C(c1cccc([N+](=O)[O-])c1O)N1CCCCC1CCO. The number of benzene rings is 1. The van der Waals surface area contributed by atoms with Crippen LogP contribution in [0.25, 0.3) is 0 Å². The first-order chi connectivity index (χ1) is 10.1. The molecule has 114 valence electrons. The van der Waals surface area contributed by atoms with Gasteiger partial charge in [-0.25, -0.2) is 0 Å². The summed E-state index contributed by atoms with van der Waals surface area (Å²) in [6, 6.07) is 3.84. The molecule has 1 fully saturated rings. The Morgan fingerprint density at radius 1 is 1.43 bits per heavy atom. The number of hydrogen-bond donors (Lipinski definition) is 2. The lowest BCUT2D eigenvalue weighted by molar-refractivity contribution is -0.385. The van der Waals surface area contributed by atoms with Gasteiger partial charge in [-0.15, -0.1) is 0 Å². The summed E-state index contributed by atoms with van der Waals surface area (Å²) in [4.78, 5) is 24.3. The number of para-hydroxylation sites is 1. The molecule has 1 aromatic rings. The summed E-state index contributed by atoms with van der Waals surface area (Å²) in [6.07, 6.45) is 3.10. The van der Waals surface area contributed by atoms with Crippen molar-refractivity contribution in [3.8, 4) is 5.75 Å². The van der Waals surface area contributed by atoms with Crippen LogP contribution in [0.2, 0.25) is 0 Å². The van der Waals surface area contributed by atoms with E-state index in [4.69, 9.17) is 5.11 Å². The first-order valence-electron chi connectivity index (χ1n) is 6.94. The number of carbonyl (C=O) groups is 1. The molecule has 7 nitrogen and oxygen atoms in total. The van der Waals surface area contributed by atoms with Gasteiger partial charge in [0.25, 0.3) is 5.91 Å². The Bertz CT molecular complexity index is 544. The van der Waals surface area contributed by atoms with E-state index in [2.05, 4.69) is 0 Å². The van der Waals surface area contributed by atoms with Crippen LogP contribution in [0.15, 0.2) is 18.2 Å². The molecule has 1 aliphatic rings. The van der Waals surface area contributed by atoms with Gasteiger partial charge in [0, 0.05) is 25.3 Å². The number of hydrogen-bond acceptors (Lipinski definition) is 5. The molecule has 1 heterocycles. The summed E-state index contributed by atoms with van der Waals surface area (Å²) < 4.78 is 0. The largest absolute Gasteiger partial charge is 0.502 e. The molecule has 2 N–H and O–H groups in total. The molecule has 0 radical (unpaired) electrons. The Morgan fingerprint density at radius 2 is 2.19 bits per heavy atom. The van der Waals surface area contributed by atoms with Crippen LogP contribution in [-0.4, -0.2) is 45.1 Å². The highest BCUT2D eigenvalue weighted by atomic mass is 16.6. The normalized spacial score (nSPS) is 18.5. The molecule has 2 rings (SSSR count). The lowest BCUT2D eigenvalue weighted by atomic mass is 9.98. The van der Waals surface area contributed by atoms with Gasteiger partial charge >= 0.3 is 5.69 Å². The average Bonchev–Trinajstić information content (AvgIpc) is 2.47. The first kappa shape index (κ1) is 15.2. The molecule has 1 amide bonds. The van der Waals surface area contributed by atoms with Crippen LogP contribution in [0.3, 0.4) is 0 Å². The third-order valence-corrected chi connectivity index (χ3v) is 3.79. The highest BCUT2D eigenvalue weighted by molar-refractivity contribution is 5.98. The molecule has 1 atom stereocenters. The number of amides is 1. The van der Waals surface area contributed by atoms with Gasteiger partial charge in [0.15, 0.2) is 0 Å². The fourth-order valence-corrected chi connectivity index (χ4v) is 2.72. The van der Waals surface area contributed by atoms with Crippen molar-refractivity contribution in [3.05, 3.63) is 33.9 Å². The predicted molar refractivity (Wildman–Crippen MR) is 75.1 cm³/mol. The van der Waals surface area contributed by atoms with E-state index in [1.807, 2.05) is 0 Å². The van der Waals surface area contributed by atoms with E-state index in [1.54, 1.807) is 4.90 Å². The number of carbonyl (C=O) groups excluding carboxylic acids is 1. The van der Waals surface area contributed by atoms with Crippen molar-refractivity contribution in [2.24, 2.45) is 0 Å². The summed E-state index contributed by atoms with van der Waals surface area (Å²) in [6.45, 7) is 0.515. The summed E-state index contributed by atoms with van der Waals surface area (Å²) in [5.74, 6) is -1.02. The molecular weight excluding hydrogens is 276 g/mol. The highest BCUT2D eigenvalue weighted by Crippen LogP contribution is 2.32. The van der Waals surface area contributed by atoms with Crippen molar-refractivity contribution < 1.29 is 19.9 Å². The van der Waals surface area contributed by atoms with Crippen LogP contribution in [0.5, 0.6) is 5.75 Å². The standard InChI is InChI=1S/C14H18N2O5/c17-9-7-10-4-1-2-8-15(10)14(19)11-5-3-6-12(13(11)18)16(20)21/h3,5-6,10,17-18H,1-2,4,7-9H2. The number of phenolic OH excluding ortho intramolecular Hbond substituents is 1. The van der Waals surface area contributed by atoms with Crippen molar-refractivity contribution in [1.29, 1.82) is 0 Å². The van der Waals surface area contributed by atoms with Gasteiger partial charge in [0.1, 0.15) is 0 Å². The number of nitro benzene ring substituents is 1. The number of nitro groups is 1. The molecule has 1 aliphatic heterocycles. The number of nitrogens with zero attached hydrogens (tertiary/aromatic N) is 2. The van der Waals surface area contributed by atoms with Crippen molar-refractivity contribution in [2.45, 2.75) is 31.7 Å². The van der Waals surface area contributed by atoms with E-state index in [9.17, 15) is 20.0 Å². The lowest BCUT2D eigenvalue weighted by Crippen LogP contribution is -2.44. The zero-order valence-electron chi connectivity index (χ0n) is 11.6. The van der Waals surface area contributed by atoms with Crippen molar-refractivity contribution in [1.82, 2.24) is 4.90 Å². The van der Waals surface area contributed by atoms with Crippen LogP contribution in [0.1, 0.15) is 36.0 Å². The third kappa shape index (κ3) is 3.13. The maximum Gasteiger partial charge on any atom is 0.311 e. The minimum absolute atomic E-state index is 0.0185. The smallest absolute Gasteiger partial charge is 0.311 e. The molecule has 1 saturated heterocycles. The third-order valence-electron chi connectivity index (χ3n) is 3.79. The molecule has 1 unspecified atom stereocenters. The number of aliphatic hydroxyl groups excluding tert-OH is 1. The summed E-state index contributed by atoms with van der Waals surface area (Å²) in [5, 5.41) is 29.8. The van der Waals surface area contributed by atoms with E-state index >= 15 is 0 Å². The molecule has 0 aromatic heterocycles. The fraction of sp³-hybridized carbons (Fsp3) is 0.500. The van der Waals surface area contributed by atoms with Crippen LogP contribution >= 0.6 is 0 Å². The molecule has 0 aliphatic carbocycles. The minimum atomic E-state index is -0.715. The number of phenols is 1. The maximum atomic E-state index is 12.5. The fourth-order valence-electron chi connectivity index (χ4n) is 2.72. The Balaban J connectivity index is 2.30. The number of likely N-dealkylation sites (tertiary alicyclic amines) is 1. The Morgan fingerprint density at radius 3 is 2.86 bits per heavy atom. The van der Waals surface area contributed by atoms with Crippen LogP contribution in [-0.2, 0) is 0 Å². The second-order valence-electron chi connectivity index (χ2n) is 5.09. The highest BCUT2D eigenvalue weighted by Gasteiger charge is 2.30. The molecule has 7 heteroatoms.